The summed E-state index contributed by atoms with van der Waals surface area (Å²) in [4.78, 5) is 17.9. The second-order valence-corrected chi connectivity index (χ2v) is 5.21. The van der Waals surface area contributed by atoms with E-state index in [1.807, 2.05) is 6.92 Å². The third-order valence-corrected chi connectivity index (χ3v) is 3.55. The highest BCUT2D eigenvalue weighted by Gasteiger charge is 2.27. The van der Waals surface area contributed by atoms with Crippen LogP contribution in [-0.4, -0.2) is 28.6 Å². The average molecular weight is 248 g/mol. The van der Waals surface area contributed by atoms with Gasteiger partial charge in [0.25, 0.3) is 0 Å². The van der Waals surface area contributed by atoms with Gasteiger partial charge in [-0.25, -0.2) is 9.78 Å². The number of carboxylic acid groups (broad SMARTS) is 1. The molecule has 2 rings (SSSR count). The van der Waals surface area contributed by atoms with Crippen LogP contribution >= 0.6 is 0 Å². The highest BCUT2D eigenvalue weighted by molar-refractivity contribution is 5.88. The Balaban J connectivity index is 2.37. The van der Waals surface area contributed by atoms with Crippen LogP contribution in [0.2, 0.25) is 0 Å². The Morgan fingerprint density at radius 1 is 1.50 bits per heavy atom. The highest BCUT2D eigenvalue weighted by Crippen LogP contribution is 2.28. The van der Waals surface area contributed by atoms with Crippen molar-refractivity contribution in [2.24, 2.45) is 5.92 Å². The Hall–Kier alpha value is -1.58. The third-order valence-electron chi connectivity index (χ3n) is 3.55. The van der Waals surface area contributed by atoms with Crippen molar-refractivity contribution in [3.05, 3.63) is 23.4 Å². The molecular formula is C14H20N2O2. The van der Waals surface area contributed by atoms with E-state index < -0.39 is 5.97 Å². The van der Waals surface area contributed by atoms with Gasteiger partial charge >= 0.3 is 5.97 Å². The fourth-order valence-corrected chi connectivity index (χ4v) is 2.64. The molecule has 1 aromatic rings. The quantitative estimate of drug-likeness (QED) is 0.893. The number of carboxylic acids is 1. The highest BCUT2D eigenvalue weighted by atomic mass is 16.4. The molecule has 1 saturated heterocycles. The van der Waals surface area contributed by atoms with Gasteiger partial charge in [0.1, 0.15) is 5.82 Å². The molecule has 4 heteroatoms. The topological polar surface area (TPSA) is 53.4 Å². The molecule has 2 heterocycles. The molecule has 18 heavy (non-hydrogen) atoms. The van der Waals surface area contributed by atoms with Crippen LogP contribution in [0.25, 0.3) is 0 Å². The fraction of sp³-hybridized carbons (Fsp3) is 0.571. The predicted octanol–water partition coefficient (Wildman–Crippen LogP) is 2.58. The molecule has 0 aromatic carbocycles. The standard InChI is InChI=1S/C14H20N2O2/c1-4-12-6-11(14(17)18)7-13(15-12)16-8-9(2)5-10(16)3/h6-7,9-10H,4-5,8H2,1-3H3,(H,17,18). The van der Waals surface area contributed by atoms with Crippen molar-refractivity contribution in [3.63, 3.8) is 0 Å². The first-order chi connectivity index (χ1) is 8.51. The van der Waals surface area contributed by atoms with Crippen LogP contribution in [-0.2, 0) is 6.42 Å². The van der Waals surface area contributed by atoms with E-state index in [1.54, 1.807) is 12.1 Å². The number of nitrogens with zero attached hydrogens (tertiary/aromatic N) is 2. The van der Waals surface area contributed by atoms with E-state index in [0.29, 0.717) is 17.5 Å². The Labute approximate surface area is 108 Å². The Kier molecular flexibility index (Phi) is 3.55. The summed E-state index contributed by atoms with van der Waals surface area (Å²) in [6.07, 6.45) is 1.90. The van der Waals surface area contributed by atoms with Crippen LogP contribution in [0.5, 0.6) is 0 Å². The number of anilines is 1. The first-order valence-corrected chi connectivity index (χ1v) is 6.52. The Bertz CT molecular complexity index is 459. The van der Waals surface area contributed by atoms with Crippen LogP contribution in [0.1, 0.15) is 43.2 Å². The van der Waals surface area contributed by atoms with E-state index in [9.17, 15) is 4.79 Å². The number of aryl methyl sites for hydroxylation is 1. The molecule has 4 nitrogen and oxygen atoms in total. The SMILES string of the molecule is CCc1cc(C(=O)O)cc(N2CC(C)CC2C)n1. The van der Waals surface area contributed by atoms with Gasteiger partial charge in [-0.1, -0.05) is 13.8 Å². The van der Waals surface area contributed by atoms with Crippen molar-refractivity contribution in [3.8, 4) is 0 Å². The lowest BCUT2D eigenvalue weighted by Gasteiger charge is -2.23. The van der Waals surface area contributed by atoms with Crippen LogP contribution in [0.3, 0.4) is 0 Å². The van der Waals surface area contributed by atoms with Crippen LogP contribution in [0.15, 0.2) is 12.1 Å². The van der Waals surface area contributed by atoms with E-state index in [0.717, 1.165) is 30.9 Å². The summed E-state index contributed by atoms with van der Waals surface area (Å²) in [5.41, 5.74) is 1.18. The van der Waals surface area contributed by atoms with Crippen molar-refractivity contribution in [1.29, 1.82) is 0 Å². The van der Waals surface area contributed by atoms with Crippen LogP contribution < -0.4 is 4.90 Å². The monoisotopic (exact) mass is 248 g/mol. The summed E-state index contributed by atoms with van der Waals surface area (Å²) in [6.45, 7) is 7.34. The van der Waals surface area contributed by atoms with Crippen molar-refractivity contribution < 1.29 is 9.90 Å². The minimum Gasteiger partial charge on any atom is -0.478 e. The molecule has 0 amide bonds. The lowest BCUT2D eigenvalue weighted by molar-refractivity contribution is 0.0696. The summed E-state index contributed by atoms with van der Waals surface area (Å²) in [6, 6.07) is 3.78. The maximum Gasteiger partial charge on any atom is 0.335 e. The molecule has 1 aromatic heterocycles. The van der Waals surface area contributed by atoms with Gasteiger partial charge < -0.3 is 10.0 Å². The van der Waals surface area contributed by atoms with Gasteiger partial charge in [0.15, 0.2) is 0 Å². The summed E-state index contributed by atoms with van der Waals surface area (Å²) in [7, 11) is 0. The summed E-state index contributed by atoms with van der Waals surface area (Å²) in [5.74, 6) is 0.567. The Morgan fingerprint density at radius 3 is 2.72 bits per heavy atom. The van der Waals surface area contributed by atoms with Crippen LogP contribution in [0, 0.1) is 5.92 Å². The maximum atomic E-state index is 11.1. The number of hydrogen-bond acceptors (Lipinski definition) is 3. The molecule has 2 atom stereocenters. The van der Waals surface area contributed by atoms with Gasteiger partial charge in [-0.05, 0) is 37.8 Å². The van der Waals surface area contributed by atoms with Crippen molar-refractivity contribution >= 4 is 11.8 Å². The molecule has 2 unspecified atom stereocenters. The number of aromatic nitrogens is 1. The lowest BCUT2D eigenvalue weighted by Crippen LogP contribution is -2.28. The van der Waals surface area contributed by atoms with E-state index >= 15 is 0 Å². The second-order valence-electron chi connectivity index (χ2n) is 5.21. The third kappa shape index (κ3) is 2.47. The van der Waals surface area contributed by atoms with Crippen molar-refractivity contribution in [2.45, 2.75) is 39.7 Å². The first kappa shape index (κ1) is 12.9. The second kappa shape index (κ2) is 4.96. The molecule has 0 aliphatic carbocycles. The van der Waals surface area contributed by atoms with Crippen LogP contribution in [0.4, 0.5) is 5.82 Å². The minimum absolute atomic E-state index is 0.337. The summed E-state index contributed by atoms with van der Waals surface area (Å²) in [5, 5.41) is 9.14. The maximum absolute atomic E-state index is 11.1. The van der Waals surface area contributed by atoms with E-state index in [1.165, 1.54) is 0 Å². The zero-order chi connectivity index (χ0) is 13.3. The van der Waals surface area contributed by atoms with E-state index in [2.05, 4.69) is 23.7 Å². The van der Waals surface area contributed by atoms with Gasteiger partial charge in [0.05, 0.1) is 5.56 Å². The minimum atomic E-state index is -0.881. The molecule has 0 bridgehead atoms. The molecule has 1 aliphatic rings. The number of aromatic carboxylic acids is 1. The summed E-state index contributed by atoms with van der Waals surface area (Å²) >= 11 is 0. The van der Waals surface area contributed by atoms with Crippen molar-refractivity contribution in [2.75, 3.05) is 11.4 Å². The van der Waals surface area contributed by atoms with E-state index in [-0.39, 0.29) is 0 Å². The number of carbonyl (C=O) groups is 1. The fourth-order valence-electron chi connectivity index (χ4n) is 2.64. The molecule has 0 radical (unpaired) electrons. The zero-order valence-electron chi connectivity index (χ0n) is 11.2. The zero-order valence-corrected chi connectivity index (χ0v) is 11.2. The smallest absolute Gasteiger partial charge is 0.335 e. The Morgan fingerprint density at radius 2 is 2.22 bits per heavy atom. The van der Waals surface area contributed by atoms with Gasteiger partial charge in [0.2, 0.25) is 0 Å². The number of hydrogen-bond donors (Lipinski definition) is 1. The number of rotatable bonds is 3. The average Bonchev–Trinajstić information content (AvgIpc) is 2.67. The molecule has 1 fully saturated rings. The van der Waals surface area contributed by atoms with Crippen molar-refractivity contribution in [1.82, 2.24) is 4.98 Å². The normalized spacial score (nSPS) is 23.4. The molecule has 0 spiro atoms. The molecule has 1 N–H and O–H groups in total. The van der Waals surface area contributed by atoms with Gasteiger partial charge in [-0.3, -0.25) is 0 Å². The lowest BCUT2D eigenvalue weighted by atomic mass is 10.1. The number of pyridine rings is 1. The van der Waals surface area contributed by atoms with Gasteiger partial charge in [0, 0.05) is 18.3 Å². The molecule has 1 aliphatic heterocycles. The molecule has 98 valence electrons. The summed E-state index contributed by atoms with van der Waals surface area (Å²) < 4.78 is 0. The molecular weight excluding hydrogens is 228 g/mol. The first-order valence-electron chi connectivity index (χ1n) is 6.52. The molecule has 0 saturated carbocycles. The van der Waals surface area contributed by atoms with Gasteiger partial charge in [-0.2, -0.15) is 0 Å². The largest absolute Gasteiger partial charge is 0.478 e. The van der Waals surface area contributed by atoms with Gasteiger partial charge in [-0.15, -0.1) is 0 Å². The predicted molar refractivity (Wildman–Crippen MR) is 71.2 cm³/mol. The van der Waals surface area contributed by atoms with E-state index in [4.69, 9.17) is 5.11 Å².